The number of allylic oxidation sites excluding steroid dienone is 2. The van der Waals surface area contributed by atoms with Crippen LogP contribution in [0.3, 0.4) is 0 Å². The molecule has 25 heavy (non-hydrogen) atoms. The van der Waals surface area contributed by atoms with Crippen LogP contribution < -0.4 is 0 Å². The van der Waals surface area contributed by atoms with Crippen molar-refractivity contribution in [1.29, 1.82) is 0 Å². The van der Waals surface area contributed by atoms with E-state index in [0.29, 0.717) is 6.42 Å². The van der Waals surface area contributed by atoms with E-state index in [0.717, 1.165) is 19.4 Å². The van der Waals surface area contributed by atoms with Crippen molar-refractivity contribution in [2.24, 2.45) is 5.41 Å². The molecule has 0 bridgehead atoms. The Morgan fingerprint density at radius 3 is 2.52 bits per heavy atom. The summed E-state index contributed by atoms with van der Waals surface area (Å²) in [6.45, 7) is 9.96. The van der Waals surface area contributed by atoms with Crippen molar-refractivity contribution < 1.29 is 17.5 Å². The number of nitrogens with zero attached hydrogens (tertiary/aromatic N) is 1. The fraction of sp³-hybridized carbons (Fsp3) is 0.550. The lowest BCUT2D eigenvalue weighted by Gasteiger charge is -2.43. The first kappa shape index (κ1) is 18.3. The summed E-state index contributed by atoms with van der Waals surface area (Å²) in [4.78, 5) is 0. The number of rotatable bonds is 5. The first-order valence-corrected chi connectivity index (χ1v) is 10.5. The van der Waals surface area contributed by atoms with E-state index < -0.39 is 10.1 Å². The van der Waals surface area contributed by atoms with Gasteiger partial charge in [0.15, 0.2) is 5.71 Å². The van der Waals surface area contributed by atoms with Crippen molar-refractivity contribution in [2.75, 3.05) is 12.3 Å². The van der Waals surface area contributed by atoms with Crippen LogP contribution in [0.5, 0.6) is 0 Å². The summed E-state index contributed by atoms with van der Waals surface area (Å²) in [6.07, 6.45) is 4.57. The molecular formula is C20H28NO3S+. The van der Waals surface area contributed by atoms with Crippen LogP contribution >= 0.6 is 0 Å². The lowest BCUT2D eigenvalue weighted by molar-refractivity contribution is -0.438. The zero-order chi connectivity index (χ0) is 18.5. The summed E-state index contributed by atoms with van der Waals surface area (Å²) in [7, 11) is -3.88. The fourth-order valence-electron chi connectivity index (χ4n) is 4.56. The van der Waals surface area contributed by atoms with Gasteiger partial charge in [0.1, 0.15) is 6.54 Å². The highest BCUT2D eigenvalue weighted by Gasteiger charge is 2.57. The van der Waals surface area contributed by atoms with Crippen LogP contribution in [-0.2, 0) is 15.5 Å². The predicted molar refractivity (Wildman–Crippen MR) is 101 cm³/mol. The molecule has 136 valence electrons. The highest BCUT2D eigenvalue weighted by molar-refractivity contribution is 7.85. The Labute approximate surface area is 151 Å². The number of benzene rings is 1. The minimum absolute atomic E-state index is 0.0494. The van der Waals surface area contributed by atoms with Crippen LogP contribution in [-0.4, -0.2) is 35.6 Å². The summed E-state index contributed by atoms with van der Waals surface area (Å²) in [6, 6.07) is 8.55. The smallest absolute Gasteiger partial charge is 0.264 e. The molecule has 0 spiro atoms. The molecular weight excluding hydrogens is 334 g/mol. The molecule has 3 rings (SSSR count). The summed E-state index contributed by atoms with van der Waals surface area (Å²) < 4.78 is 33.2. The molecule has 1 aliphatic heterocycles. The average Bonchev–Trinajstić information content (AvgIpc) is 2.73. The third-order valence-corrected chi connectivity index (χ3v) is 6.83. The molecule has 2 aliphatic rings. The minimum Gasteiger partial charge on any atom is -0.286 e. The SMILES string of the molecule is CC1=CC2=[N+](CCCCS(=O)(=O)O)c3ccccc3C2(C)C(C)(C)C1. The maximum absolute atomic E-state index is 11.0. The standard InChI is InChI=1S/C20H27NO3S/c1-15-13-18-20(4,19(2,3)14-15)16-9-5-6-10-17(16)21(18)11-7-8-12-25(22,23)24/h5-6,9-10,13H,7-8,11-12,14H2,1-4H3/p+1. The highest BCUT2D eigenvalue weighted by Crippen LogP contribution is 2.55. The van der Waals surface area contributed by atoms with Crippen LogP contribution in [0, 0.1) is 5.41 Å². The monoisotopic (exact) mass is 362 g/mol. The maximum Gasteiger partial charge on any atom is 0.264 e. The van der Waals surface area contributed by atoms with E-state index in [1.54, 1.807) is 0 Å². The zero-order valence-electron chi connectivity index (χ0n) is 15.5. The van der Waals surface area contributed by atoms with Crippen molar-refractivity contribution >= 4 is 21.5 Å². The zero-order valence-corrected chi connectivity index (χ0v) is 16.4. The number of fused-ring (bicyclic) bond motifs is 3. The number of hydrogen-bond donors (Lipinski definition) is 1. The van der Waals surface area contributed by atoms with Crippen molar-refractivity contribution in [2.45, 2.75) is 52.4 Å². The van der Waals surface area contributed by atoms with E-state index in [2.05, 4.69) is 62.6 Å². The van der Waals surface area contributed by atoms with Crippen LogP contribution in [0.15, 0.2) is 35.9 Å². The van der Waals surface area contributed by atoms with Crippen molar-refractivity contribution in [3.05, 3.63) is 41.5 Å². The summed E-state index contributed by atoms with van der Waals surface area (Å²) in [5.74, 6) is -0.171. The van der Waals surface area contributed by atoms with E-state index in [4.69, 9.17) is 4.55 Å². The quantitative estimate of drug-likeness (QED) is 0.488. The molecule has 5 heteroatoms. The molecule has 1 N–H and O–H groups in total. The predicted octanol–water partition coefficient (Wildman–Crippen LogP) is 4.09. The normalized spacial score (nSPS) is 24.8. The Morgan fingerprint density at radius 1 is 1.16 bits per heavy atom. The van der Waals surface area contributed by atoms with Gasteiger partial charge in [-0.1, -0.05) is 37.6 Å². The first-order valence-electron chi connectivity index (χ1n) is 8.93. The van der Waals surface area contributed by atoms with E-state index in [9.17, 15) is 8.42 Å². The van der Waals surface area contributed by atoms with Gasteiger partial charge in [-0.3, -0.25) is 4.55 Å². The average molecular weight is 363 g/mol. The summed E-state index contributed by atoms with van der Waals surface area (Å²) in [5.41, 5.74) is 5.34. The molecule has 0 amide bonds. The van der Waals surface area contributed by atoms with Gasteiger partial charge < -0.3 is 0 Å². The molecule has 0 aromatic heterocycles. The molecule has 1 heterocycles. The molecule has 1 unspecified atom stereocenters. The van der Waals surface area contributed by atoms with Crippen molar-refractivity contribution in [1.82, 2.24) is 0 Å². The number of unbranched alkanes of at least 4 members (excludes halogenated alkanes) is 1. The second kappa shape index (κ2) is 6.06. The summed E-state index contributed by atoms with van der Waals surface area (Å²) >= 11 is 0. The third-order valence-electron chi connectivity index (χ3n) is 6.03. The van der Waals surface area contributed by atoms with Gasteiger partial charge in [-0.2, -0.15) is 13.0 Å². The van der Waals surface area contributed by atoms with Crippen LogP contribution in [0.1, 0.15) is 52.5 Å². The van der Waals surface area contributed by atoms with Gasteiger partial charge in [0.2, 0.25) is 5.69 Å². The van der Waals surface area contributed by atoms with E-state index in [1.165, 1.54) is 22.5 Å². The van der Waals surface area contributed by atoms with E-state index in [-0.39, 0.29) is 16.6 Å². The van der Waals surface area contributed by atoms with E-state index in [1.807, 2.05) is 0 Å². The minimum atomic E-state index is -3.88. The second-order valence-corrected chi connectivity index (χ2v) is 9.80. The van der Waals surface area contributed by atoms with Gasteiger partial charge in [0.05, 0.1) is 11.2 Å². The lowest BCUT2D eigenvalue weighted by atomic mass is 9.56. The largest absolute Gasteiger partial charge is 0.286 e. The molecule has 1 atom stereocenters. The fourth-order valence-corrected chi connectivity index (χ4v) is 5.13. The number of para-hydroxylation sites is 1. The number of hydrogen-bond acceptors (Lipinski definition) is 2. The second-order valence-electron chi connectivity index (χ2n) is 8.22. The molecule has 1 aliphatic carbocycles. The third kappa shape index (κ3) is 3.08. The van der Waals surface area contributed by atoms with Crippen LogP contribution in [0.4, 0.5) is 5.69 Å². The Balaban J connectivity index is 2.01. The first-order chi connectivity index (χ1) is 11.6. The van der Waals surface area contributed by atoms with E-state index >= 15 is 0 Å². The topological polar surface area (TPSA) is 57.4 Å². The van der Waals surface area contributed by atoms with Crippen LogP contribution in [0.25, 0.3) is 0 Å². The molecule has 0 saturated heterocycles. The van der Waals surface area contributed by atoms with Gasteiger partial charge in [-0.25, -0.2) is 0 Å². The summed E-state index contributed by atoms with van der Waals surface area (Å²) in [5, 5.41) is 0. The molecule has 0 fully saturated rings. The van der Waals surface area contributed by atoms with Gasteiger partial charge in [-0.05, 0) is 32.1 Å². The molecule has 1 aromatic rings. The Kier molecular flexibility index (Phi) is 4.44. The van der Waals surface area contributed by atoms with Gasteiger partial charge in [0.25, 0.3) is 10.1 Å². The van der Waals surface area contributed by atoms with Gasteiger partial charge >= 0.3 is 0 Å². The lowest BCUT2D eigenvalue weighted by Crippen LogP contribution is -2.47. The Hall–Kier alpha value is -1.46. The maximum atomic E-state index is 11.0. The molecule has 0 saturated carbocycles. The van der Waals surface area contributed by atoms with Gasteiger partial charge in [-0.15, -0.1) is 0 Å². The van der Waals surface area contributed by atoms with Crippen molar-refractivity contribution in [3.63, 3.8) is 0 Å². The van der Waals surface area contributed by atoms with Crippen molar-refractivity contribution in [3.8, 4) is 0 Å². The van der Waals surface area contributed by atoms with Gasteiger partial charge in [0, 0.05) is 24.1 Å². The Bertz CT molecular complexity index is 865. The van der Waals surface area contributed by atoms with Crippen LogP contribution in [0.2, 0.25) is 0 Å². The molecule has 0 radical (unpaired) electrons. The Morgan fingerprint density at radius 2 is 1.84 bits per heavy atom. The molecule has 4 nitrogen and oxygen atoms in total. The highest BCUT2D eigenvalue weighted by atomic mass is 32.2. The molecule has 1 aromatic carbocycles.